The molecule has 0 aromatic rings. The van der Waals surface area contributed by atoms with E-state index in [9.17, 15) is 44.7 Å². The van der Waals surface area contributed by atoms with Crippen molar-refractivity contribution in [3.63, 3.8) is 0 Å². The van der Waals surface area contributed by atoms with Crippen LogP contribution in [0, 0.1) is 0 Å². The topological polar surface area (TPSA) is 215 Å². The highest BCUT2D eigenvalue weighted by Gasteiger charge is 2.51. The SMILES string of the molecule is CC1(O)[C@H](O)[C@@H](O)C(CO)O[C@H]1SCCCCCC(=O)CCCCCC(=O)CCCCCC(=O)CCCCCC(=O)CCCCCNCCCCC1SCC2NC(O)NC21. The zero-order valence-corrected chi connectivity index (χ0v) is 38.3. The molecule has 3 aliphatic rings. The predicted octanol–water partition coefficient (Wildman–Crippen LogP) is 5.24. The molecule has 60 heavy (non-hydrogen) atoms. The van der Waals surface area contributed by atoms with Gasteiger partial charge < -0.3 is 35.6 Å². The van der Waals surface area contributed by atoms with Crippen LogP contribution in [0.15, 0.2) is 0 Å². The molecule has 15 heteroatoms. The highest BCUT2D eigenvalue weighted by molar-refractivity contribution is 8.00. The number of fused-ring (bicyclic) bond motifs is 1. The van der Waals surface area contributed by atoms with E-state index in [2.05, 4.69) is 16.0 Å². The minimum absolute atomic E-state index is 0.235. The van der Waals surface area contributed by atoms with Gasteiger partial charge in [0.1, 0.15) is 52.5 Å². The Labute approximate surface area is 368 Å². The molecule has 348 valence electrons. The Morgan fingerprint density at radius 2 is 1.12 bits per heavy atom. The van der Waals surface area contributed by atoms with E-state index in [-0.39, 0.29) is 17.3 Å². The van der Waals surface area contributed by atoms with Gasteiger partial charge in [-0.1, -0.05) is 38.5 Å². The van der Waals surface area contributed by atoms with Crippen molar-refractivity contribution in [2.24, 2.45) is 0 Å². The highest BCUT2D eigenvalue weighted by atomic mass is 32.2. The summed E-state index contributed by atoms with van der Waals surface area (Å²) >= 11 is 3.35. The zero-order chi connectivity index (χ0) is 43.6. The van der Waals surface area contributed by atoms with Crippen LogP contribution >= 0.6 is 23.5 Å². The molecule has 3 saturated heterocycles. The third kappa shape index (κ3) is 21.1. The molecule has 3 rings (SSSR count). The average molecular weight is 888 g/mol. The van der Waals surface area contributed by atoms with Gasteiger partial charge in [0.25, 0.3) is 0 Å². The lowest BCUT2D eigenvalue weighted by atomic mass is 9.89. The number of carbonyl (C=O) groups excluding carboxylic acids is 4. The van der Waals surface area contributed by atoms with Gasteiger partial charge in [-0.15, -0.1) is 11.8 Å². The Bertz CT molecular complexity index is 1230. The van der Waals surface area contributed by atoms with E-state index in [4.69, 9.17) is 4.74 Å². The van der Waals surface area contributed by atoms with Gasteiger partial charge in [0.05, 0.1) is 6.61 Å². The lowest BCUT2D eigenvalue weighted by Gasteiger charge is -2.46. The number of Topliss-reactive ketones (excluding diaryl/α,β-unsaturated/α-hetero) is 4. The number of aliphatic hydroxyl groups is 5. The van der Waals surface area contributed by atoms with E-state index in [1.807, 2.05) is 11.8 Å². The summed E-state index contributed by atoms with van der Waals surface area (Å²) in [6.07, 6.45) is 17.0. The standard InChI is InChI=1S/C45H81N3O10S2/c1-45(57)42(55)41(54)38(31-49)58-43(45)59-30-18-6-14-26-36(53)24-12-4-10-22-34(51)20-8-2-7-19-33(50)21-9-3-11-23-35(52)25-13-5-16-28-46-29-17-15-27-39-40-37(32-60-39)47-44(56)48-40/h37-44,46-49,54-57H,2-32H2,1H3/t37?,38?,39?,40?,41-,42+,43-,44?,45?/m0/s1. The number of unbranched alkanes of at least 4 members (excludes halogenated alkanes) is 11. The maximum absolute atomic E-state index is 12.3. The number of nitrogens with one attached hydrogen (secondary N) is 3. The quantitative estimate of drug-likeness (QED) is 0.0375. The number of ether oxygens (including phenoxy) is 1. The molecule has 3 heterocycles. The fourth-order valence-corrected chi connectivity index (χ4v) is 11.3. The van der Waals surface area contributed by atoms with E-state index in [1.165, 1.54) is 37.9 Å². The average Bonchev–Trinajstić information content (AvgIpc) is 3.78. The molecule has 0 aliphatic carbocycles. The van der Waals surface area contributed by atoms with Gasteiger partial charge in [-0.3, -0.25) is 29.8 Å². The van der Waals surface area contributed by atoms with Gasteiger partial charge in [-0.2, -0.15) is 11.8 Å². The molecule has 0 aromatic heterocycles. The second-order valence-corrected chi connectivity index (χ2v) is 20.1. The Morgan fingerprint density at radius 1 is 0.667 bits per heavy atom. The first-order valence-electron chi connectivity index (χ1n) is 23.5. The predicted molar refractivity (Wildman–Crippen MR) is 240 cm³/mol. The van der Waals surface area contributed by atoms with Gasteiger partial charge in [-0.05, 0) is 103 Å². The molecule has 9 atom stereocenters. The third-order valence-electron chi connectivity index (χ3n) is 12.3. The van der Waals surface area contributed by atoms with Crippen molar-refractivity contribution in [3.05, 3.63) is 0 Å². The second-order valence-electron chi connectivity index (χ2n) is 17.7. The summed E-state index contributed by atoms with van der Waals surface area (Å²) in [6.45, 7) is 3.01. The number of thioether (sulfide) groups is 2. The molecule has 0 radical (unpaired) electrons. The van der Waals surface area contributed by atoms with Gasteiger partial charge in [0.15, 0.2) is 6.35 Å². The van der Waals surface area contributed by atoms with Crippen LogP contribution in [0.5, 0.6) is 0 Å². The summed E-state index contributed by atoms with van der Waals surface area (Å²) in [6, 6.07) is 0.792. The van der Waals surface area contributed by atoms with Crippen molar-refractivity contribution in [2.75, 3.05) is 31.2 Å². The minimum atomic E-state index is -1.64. The molecule has 8 N–H and O–H groups in total. The van der Waals surface area contributed by atoms with Gasteiger partial charge in [0.2, 0.25) is 0 Å². The molecule has 0 bridgehead atoms. The normalized spacial score (nSPS) is 27.6. The van der Waals surface area contributed by atoms with E-state index in [0.29, 0.717) is 80.2 Å². The summed E-state index contributed by atoms with van der Waals surface area (Å²) in [5, 5.41) is 60.4. The smallest absolute Gasteiger partial charge is 0.161 e. The Hall–Kier alpha value is -0.980. The summed E-state index contributed by atoms with van der Waals surface area (Å²) in [7, 11) is 0. The van der Waals surface area contributed by atoms with Crippen LogP contribution in [0.4, 0.5) is 0 Å². The monoisotopic (exact) mass is 888 g/mol. The number of hydrogen-bond donors (Lipinski definition) is 8. The fraction of sp³-hybridized carbons (Fsp3) is 0.911. The number of aliphatic hydroxyl groups excluding tert-OH is 4. The van der Waals surface area contributed by atoms with Crippen molar-refractivity contribution in [3.8, 4) is 0 Å². The molecular formula is C45H81N3O10S2. The molecule has 3 fully saturated rings. The molecule has 0 spiro atoms. The molecule has 0 aromatic carbocycles. The summed E-state index contributed by atoms with van der Waals surface area (Å²) < 4.78 is 5.60. The molecule has 13 nitrogen and oxygen atoms in total. The van der Waals surface area contributed by atoms with Crippen LogP contribution in [0.25, 0.3) is 0 Å². The Morgan fingerprint density at radius 3 is 1.60 bits per heavy atom. The number of hydrogen-bond acceptors (Lipinski definition) is 15. The van der Waals surface area contributed by atoms with Crippen molar-refractivity contribution in [1.29, 1.82) is 0 Å². The summed E-state index contributed by atoms with van der Waals surface area (Å²) in [5.41, 5.74) is -2.40. The van der Waals surface area contributed by atoms with Crippen molar-refractivity contribution < 1.29 is 49.4 Å². The van der Waals surface area contributed by atoms with Crippen molar-refractivity contribution >= 4 is 46.7 Å². The van der Waals surface area contributed by atoms with E-state index >= 15 is 0 Å². The molecule has 3 aliphatic heterocycles. The first kappa shape index (κ1) is 53.4. The first-order valence-corrected chi connectivity index (χ1v) is 25.6. The first-order chi connectivity index (χ1) is 28.9. The third-order valence-corrected chi connectivity index (χ3v) is 15.2. The van der Waals surface area contributed by atoms with Gasteiger partial charge in [-0.25, -0.2) is 0 Å². The number of ketones is 4. The number of rotatable bonds is 37. The number of carbonyl (C=O) groups is 4. The maximum Gasteiger partial charge on any atom is 0.161 e. The van der Waals surface area contributed by atoms with Crippen LogP contribution in [0.1, 0.15) is 174 Å². The van der Waals surface area contributed by atoms with Gasteiger partial charge >= 0.3 is 0 Å². The summed E-state index contributed by atoms with van der Waals surface area (Å²) in [4.78, 5) is 49.1. The zero-order valence-electron chi connectivity index (χ0n) is 36.6. The maximum atomic E-state index is 12.3. The van der Waals surface area contributed by atoms with Crippen molar-refractivity contribution in [2.45, 2.75) is 227 Å². The Balaban J connectivity index is 1.00. The highest BCUT2D eigenvalue weighted by Crippen LogP contribution is 2.36. The fourth-order valence-electron chi connectivity index (χ4n) is 8.41. The van der Waals surface area contributed by atoms with Crippen molar-refractivity contribution in [1.82, 2.24) is 16.0 Å². The van der Waals surface area contributed by atoms with Crippen LogP contribution in [-0.2, 0) is 23.9 Å². The largest absolute Gasteiger partial charge is 0.394 e. The lowest BCUT2D eigenvalue weighted by Crippen LogP contribution is -2.64. The molecule has 0 amide bonds. The molecule has 0 saturated carbocycles. The van der Waals surface area contributed by atoms with E-state index < -0.39 is 42.3 Å². The minimum Gasteiger partial charge on any atom is -0.394 e. The molecule has 6 unspecified atom stereocenters. The van der Waals surface area contributed by atoms with Gasteiger partial charge in [0, 0.05) is 74.5 Å². The van der Waals surface area contributed by atoms with E-state index in [0.717, 1.165) is 115 Å². The van der Waals surface area contributed by atoms with Crippen LogP contribution in [-0.4, -0.2) is 133 Å². The summed E-state index contributed by atoms with van der Waals surface area (Å²) in [5.74, 6) is 2.84. The van der Waals surface area contributed by atoms with E-state index in [1.54, 1.807) is 0 Å². The second kappa shape index (κ2) is 31.0. The van der Waals surface area contributed by atoms with Crippen LogP contribution < -0.4 is 16.0 Å². The van der Waals surface area contributed by atoms with Crippen LogP contribution in [0.3, 0.4) is 0 Å². The van der Waals surface area contributed by atoms with Crippen LogP contribution in [0.2, 0.25) is 0 Å². The molecular weight excluding hydrogens is 807 g/mol. The lowest BCUT2D eigenvalue weighted by molar-refractivity contribution is -0.244. The Kier molecular flexibility index (Phi) is 27.6.